The van der Waals surface area contributed by atoms with Gasteiger partial charge in [-0.2, -0.15) is 0 Å². The van der Waals surface area contributed by atoms with Crippen LogP contribution in [0.15, 0.2) is 0 Å². The zero-order valence-electron chi connectivity index (χ0n) is 9.62. The van der Waals surface area contributed by atoms with E-state index in [0.29, 0.717) is 6.29 Å². The Hall–Kier alpha value is -2.00. The lowest BCUT2D eigenvalue weighted by molar-refractivity contribution is -0.148. The van der Waals surface area contributed by atoms with Crippen molar-refractivity contribution >= 4 is 24.1 Å². The Morgan fingerprint density at radius 2 is 1.89 bits per heavy atom. The number of hydroxylamine groups is 1. The lowest BCUT2D eigenvalue weighted by Gasteiger charge is -2.22. The molecule has 3 atom stereocenters. The summed E-state index contributed by atoms with van der Waals surface area (Å²) in [6.07, 6.45) is -0.156. The molecule has 0 fully saturated rings. The highest BCUT2D eigenvalue weighted by Crippen LogP contribution is 2.09. The quantitative estimate of drug-likeness (QED) is 0.194. The minimum atomic E-state index is -1.65. The second-order valence-electron chi connectivity index (χ2n) is 3.60. The Balaban J connectivity index is 5.03. The highest BCUT2D eigenvalue weighted by molar-refractivity contribution is 5.92. The Labute approximate surface area is 102 Å². The van der Waals surface area contributed by atoms with Crippen LogP contribution in [-0.2, 0) is 19.2 Å². The molecule has 102 valence electrons. The zero-order valence-corrected chi connectivity index (χ0v) is 9.62. The predicted octanol–water partition coefficient (Wildman–Crippen LogP) is -2.39. The fraction of sp³-hybridized carbons (Fsp3) is 0.556. The molecule has 0 aromatic rings. The number of carbonyl (C=O) groups is 4. The number of nitrogens with one attached hydrogen (secondary N) is 2. The molecule has 9 heteroatoms. The number of amides is 2. The molecular formula is C9H15N3O6. The number of carbonyl (C=O) groups excluding carboxylic acids is 3. The van der Waals surface area contributed by atoms with Gasteiger partial charge in [0.25, 0.3) is 0 Å². The SMILES string of the molecule is CC(N)C(=O)NC(C(=O)O)C(CC=O)C(=O)NO. The zero-order chi connectivity index (χ0) is 14.3. The van der Waals surface area contributed by atoms with E-state index in [-0.39, 0.29) is 0 Å². The van der Waals surface area contributed by atoms with Crippen molar-refractivity contribution in [2.24, 2.45) is 11.7 Å². The van der Waals surface area contributed by atoms with E-state index in [9.17, 15) is 19.2 Å². The summed E-state index contributed by atoms with van der Waals surface area (Å²) in [5, 5.41) is 19.4. The molecule has 0 spiro atoms. The number of carboxylic acid groups (broad SMARTS) is 1. The molecule has 0 heterocycles. The van der Waals surface area contributed by atoms with Gasteiger partial charge >= 0.3 is 5.97 Å². The molecule has 3 unspecified atom stereocenters. The van der Waals surface area contributed by atoms with Crippen LogP contribution < -0.4 is 16.5 Å². The lowest BCUT2D eigenvalue weighted by Crippen LogP contribution is -2.54. The molecule has 9 nitrogen and oxygen atoms in total. The maximum Gasteiger partial charge on any atom is 0.327 e. The maximum absolute atomic E-state index is 11.3. The van der Waals surface area contributed by atoms with Gasteiger partial charge in [-0.05, 0) is 6.92 Å². The number of nitrogens with two attached hydrogens (primary N) is 1. The van der Waals surface area contributed by atoms with Crippen molar-refractivity contribution in [3.63, 3.8) is 0 Å². The van der Waals surface area contributed by atoms with Crippen molar-refractivity contribution in [3.05, 3.63) is 0 Å². The summed E-state index contributed by atoms with van der Waals surface area (Å²) in [6, 6.07) is -2.62. The maximum atomic E-state index is 11.3. The number of aldehydes is 1. The van der Waals surface area contributed by atoms with Gasteiger partial charge in [-0.3, -0.25) is 14.8 Å². The Bertz CT molecular complexity index is 343. The van der Waals surface area contributed by atoms with E-state index in [4.69, 9.17) is 16.0 Å². The van der Waals surface area contributed by atoms with Gasteiger partial charge in [-0.25, -0.2) is 10.3 Å². The van der Waals surface area contributed by atoms with Gasteiger partial charge in [-0.1, -0.05) is 0 Å². The molecule has 0 aliphatic heterocycles. The van der Waals surface area contributed by atoms with Crippen LogP contribution in [0.1, 0.15) is 13.3 Å². The van der Waals surface area contributed by atoms with Crippen molar-refractivity contribution in [3.8, 4) is 0 Å². The second kappa shape index (κ2) is 7.35. The molecule has 0 aromatic heterocycles. The molecule has 0 aromatic carbocycles. The first kappa shape index (κ1) is 16.0. The third kappa shape index (κ3) is 4.47. The van der Waals surface area contributed by atoms with E-state index < -0.39 is 42.2 Å². The summed E-state index contributed by atoms with van der Waals surface area (Å²) < 4.78 is 0. The van der Waals surface area contributed by atoms with Crippen LogP contribution >= 0.6 is 0 Å². The monoisotopic (exact) mass is 261 g/mol. The average molecular weight is 261 g/mol. The van der Waals surface area contributed by atoms with Gasteiger partial charge in [-0.15, -0.1) is 0 Å². The largest absolute Gasteiger partial charge is 0.480 e. The summed E-state index contributed by atoms with van der Waals surface area (Å²) >= 11 is 0. The highest BCUT2D eigenvalue weighted by atomic mass is 16.5. The Morgan fingerprint density at radius 3 is 2.22 bits per heavy atom. The van der Waals surface area contributed by atoms with Crippen molar-refractivity contribution in [1.82, 2.24) is 10.8 Å². The molecule has 18 heavy (non-hydrogen) atoms. The minimum absolute atomic E-state index is 0.313. The fourth-order valence-electron chi connectivity index (χ4n) is 1.20. The molecule has 0 radical (unpaired) electrons. The van der Waals surface area contributed by atoms with E-state index in [1.807, 2.05) is 5.32 Å². The molecule has 2 amide bonds. The van der Waals surface area contributed by atoms with Crippen molar-refractivity contribution in [2.45, 2.75) is 25.4 Å². The number of hydrogen-bond acceptors (Lipinski definition) is 6. The number of hydrogen-bond donors (Lipinski definition) is 5. The number of aliphatic carboxylic acids is 1. The van der Waals surface area contributed by atoms with Gasteiger partial charge in [0.15, 0.2) is 0 Å². The van der Waals surface area contributed by atoms with Crippen LogP contribution in [0.3, 0.4) is 0 Å². The molecule has 0 aliphatic carbocycles. The average Bonchev–Trinajstić information content (AvgIpc) is 2.31. The summed E-state index contributed by atoms with van der Waals surface area (Å²) in [5.41, 5.74) is 6.49. The lowest BCUT2D eigenvalue weighted by atomic mass is 9.95. The third-order valence-corrected chi connectivity index (χ3v) is 2.18. The van der Waals surface area contributed by atoms with Crippen molar-refractivity contribution in [2.75, 3.05) is 0 Å². The van der Waals surface area contributed by atoms with Gasteiger partial charge in [0.1, 0.15) is 12.3 Å². The first-order valence-electron chi connectivity index (χ1n) is 5.01. The first-order chi connectivity index (χ1) is 8.34. The summed E-state index contributed by atoms with van der Waals surface area (Å²) in [6.45, 7) is 1.33. The van der Waals surface area contributed by atoms with E-state index in [1.54, 1.807) is 0 Å². The molecule has 0 rings (SSSR count). The molecule has 0 bridgehead atoms. The van der Waals surface area contributed by atoms with Gasteiger partial charge in [0.2, 0.25) is 11.8 Å². The standard InChI is InChI=1S/C9H15N3O6/c1-4(10)7(14)11-6(9(16)17)5(2-3-13)8(15)12-18/h3-6,18H,2,10H2,1H3,(H,11,14)(H,12,15)(H,16,17). The van der Waals surface area contributed by atoms with Crippen LogP contribution in [0.2, 0.25) is 0 Å². The summed E-state index contributed by atoms with van der Waals surface area (Å²) in [7, 11) is 0. The predicted molar refractivity (Wildman–Crippen MR) is 57.3 cm³/mol. The van der Waals surface area contributed by atoms with E-state index >= 15 is 0 Å². The Morgan fingerprint density at radius 1 is 1.33 bits per heavy atom. The van der Waals surface area contributed by atoms with E-state index in [1.165, 1.54) is 12.4 Å². The van der Waals surface area contributed by atoms with Gasteiger partial charge < -0.3 is 21.0 Å². The van der Waals surface area contributed by atoms with Crippen LogP contribution in [0.4, 0.5) is 0 Å². The normalized spacial score (nSPS) is 15.1. The van der Waals surface area contributed by atoms with Gasteiger partial charge in [0.05, 0.1) is 12.0 Å². The third-order valence-electron chi connectivity index (χ3n) is 2.18. The number of rotatable bonds is 7. The highest BCUT2D eigenvalue weighted by Gasteiger charge is 2.35. The van der Waals surface area contributed by atoms with Crippen LogP contribution in [0, 0.1) is 5.92 Å². The molecule has 0 saturated heterocycles. The van der Waals surface area contributed by atoms with E-state index in [2.05, 4.69) is 0 Å². The van der Waals surface area contributed by atoms with E-state index in [0.717, 1.165) is 0 Å². The first-order valence-corrected chi connectivity index (χ1v) is 5.01. The minimum Gasteiger partial charge on any atom is -0.480 e. The van der Waals surface area contributed by atoms with Crippen LogP contribution in [-0.4, -0.2) is 46.5 Å². The molecular weight excluding hydrogens is 246 g/mol. The topological polar surface area (TPSA) is 159 Å². The fourth-order valence-corrected chi connectivity index (χ4v) is 1.20. The second-order valence-corrected chi connectivity index (χ2v) is 3.60. The summed E-state index contributed by atoms with van der Waals surface area (Å²) in [5.74, 6) is -4.81. The van der Waals surface area contributed by atoms with Gasteiger partial charge in [0, 0.05) is 6.42 Å². The Kier molecular flexibility index (Phi) is 6.53. The smallest absolute Gasteiger partial charge is 0.327 e. The molecule has 0 saturated carbocycles. The molecule has 0 aliphatic rings. The molecule has 6 N–H and O–H groups in total. The van der Waals surface area contributed by atoms with Crippen molar-refractivity contribution in [1.29, 1.82) is 0 Å². The number of carboxylic acids is 1. The van der Waals surface area contributed by atoms with Crippen LogP contribution in [0.5, 0.6) is 0 Å². The van der Waals surface area contributed by atoms with Crippen molar-refractivity contribution < 1.29 is 29.5 Å². The summed E-state index contributed by atoms with van der Waals surface area (Å²) in [4.78, 5) is 43.9. The van der Waals surface area contributed by atoms with Crippen LogP contribution in [0.25, 0.3) is 0 Å².